The Balaban J connectivity index is 1.88. The molecule has 0 unspecified atom stereocenters. The molecule has 8 heteroatoms. The lowest BCUT2D eigenvalue weighted by Gasteiger charge is -2.22. The van der Waals surface area contributed by atoms with Gasteiger partial charge in [0.1, 0.15) is 0 Å². The molecule has 1 N–H and O–H groups in total. The third kappa shape index (κ3) is 5.05. The van der Waals surface area contributed by atoms with E-state index in [2.05, 4.69) is 30.5 Å². The van der Waals surface area contributed by atoms with Crippen LogP contribution in [0.3, 0.4) is 0 Å². The largest absolute Gasteiger partial charge is 0.294 e. The van der Waals surface area contributed by atoms with Gasteiger partial charge in [-0.3, -0.25) is 14.5 Å². The van der Waals surface area contributed by atoms with E-state index in [0.29, 0.717) is 45.0 Å². The van der Waals surface area contributed by atoms with E-state index in [-0.39, 0.29) is 11.2 Å². The molecule has 1 heterocycles. The molecule has 0 saturated heterocycles. The summed E-state index contributed by atoms with van der Waals surface area (Å²) in [5, 5.41) is 0.347. The molecule has 1 aromatic heterocycles. The van der Waals surface area contributed by atoms with Crippen molar-refractivity contribution in [3.8, 4) is 11.3 Å². The molecule has 0 atom stereocenters. The van der Waals surface area contributed by atoms with E-state index in [1.807, 2.05) is 31.2 Å². The number of carbonyl (C=O) groups excluding carboxylic acids is 1. The van der Waals surface area contributed by atoms with Gasteiger partial charge in [-0.25, -0.2) is 13.4 Å². The summed E-state index contributed by atoms with van der Waals surface area (Å²) in [5.74, 6) is 0.0650. The number of anilines is 1. The fourth-order valence-electron chi connectivity index (χ4n) is 3.86. The number of ketones is 1. The Morgan fingerprint density at radius 2 is 1.79 bits per heavy atom. The maximum Gasteiger partial charge on any atom is 0.229 e. The second-order valence-corrected chi connectivity index (χ2v) is 11.8. The number of hydrogen-bond donors (Lipinski definition) is 1. The molecule has 4 rings (SSSR count). The van der Waals surface area contributed by atoms with Crippen molar-refractivity contribution in [2.45, 2.75) is 39.5 Å². The molecule has 6 nitrogen and oxygen atoms in total. The highest BCUT2D eigenvalue weighted by atomic mass is 35.5. The number of halogens is 1. The van der Waals surface area contributed by atoms with Gasteiger partial charge >= 0.3 is 0 Å². The van der Waals surface area contributed by atoms with Crippen LogP contribution in [0, 0.1) is 0 Å². The minimum Gasteiger partial charge on any atom is -0.294 e. The van der Waals surface area contributed by atoms with Crippen LogP contribution in [-0.4, -0.2) is 30.4 Å². The minimum absolute atomic E-state index is 0.0650. The van der Waals surface area contributed by atoms with Gasteiger partial charge in [0.2, 0.25) is 10.0 Å². The number of fused-ring (bicyclic) bond motifs is 1. The summed E-state index contributed by atoms with van der Waals surface area (Å²) in [6.07, 6.45) is 6.93. The number of nitrogens with one attached hydrogen (secondary N) is 1. The molecule has 3 aromatic rings. The smallest absolute Gasteiger partial charge is 0.229 e. The van der Waals surface area contributed by atoms with Gasteiger partial charge in [-0.05, 0) is 48.2 Å². The monoisotopic (exact) mass is 495 g/mol. The molecule has 0 fully saturated rings. The summed E-state index contributed by atoms with van der Waals surface area (Å²) in [5.41, 5.74) is 6.18. The van der Waals surface area contributed by atoms with Crippen LogP contribution in [0.4, 0.5) is 5.69 Å². The second-order valence-electron chi connectivity index (χ2n) is 9.66. The number of Topliss-reactive ketones (excluding diaryl/α,β-unsaturated/α-hetero) is 1. The van der Waals surface area contributed by atoms with Gasteiger partial charge in [0, 0.05) is 28.8 Å². The lowest BCUT2D eigenvalue weighted by atomic mass is 9.83. The van der Waals surface area contributed by atoms with Crippen LogP contribution in [-0.2, 0) is 20.2 Å². The van der Waals surface area contributed by atoms with Crippen LogP contribution in [0.5, 0.6) is 0 Å². The number of carbonyl (C=O) groups is 1. The number of nitrogens with zero attached hydrogens (tertiary/aromatic N) is 2. The number of allylic oxidation sites excluding steroid dienone is 4. The molecule has 0 bridgehead atoms. The molecule has 0 spiro atoms. The molecule has 34 heavy (non-hydrogen) atoms. The molecule has 176 valence electrons. The van der Waals surface area contributed by atoms with Crippen molar-refractivity contribution >= 4 is 49.7 Å². The molecule has 0 aliphatic heterocycles. The van der Waals surface area contributed by atoms with Crippen LogP contribution in [0.2, 0.25) is 5.02 Å². The van der Waals surface area contributed by atoms with Crippen molar-refractivity contribution in [3.05, 3.63) is 70.4 Å². The van der Waals surface area contributed by atoms with Crippen molar-refractivity contribution in [2.75, 3.05) is 11.0 Å². The molecule has 1 aliphatic rings. The van der Waals surface area contributed by atoms with E-state index >= 15 is 0 Å². The fourth-order valence-corrected chi connectivity index (χ4v) is 4.69. The number of sulfonamides is 1. The van der Waals surface area contributed by atoms with Gasteiger partial charge in [0.25, 0.3) is 0 Å². The lowest BCUT2D eigenvalue weighted by molar-refractivity contribution is -0.113. The third-order valence-electron chi connectivity index (χ3n) is 5.63. The van der Waals surface area contributed by atoms with Gasteiger partial charge in [0.15, 0.2) is 5.78 Å². The van der Waals surface area contributed by atoms with Gasteiger partial charge in [0.05, 0.1) is 34.2 Å². The molecular weight excluding hydrogens is 470 g/mol. The van der Waals surface area contributed by atoms with Gasteiger partial charge < -0.3 is 0 Å². The van der Waals surface area contributed by atoms with Gasteiger partial charge in [-0.2, -0.15) is 0 Å². The van der Waals surface area contributed by atoms with Crippen LogP contribution in [0.15, 0.2) is 54.3 Å². The maximum atomic E-state index is 12.9. The third-order valence-corrected chi connectivity index (χ3v) is 6.54. The summed E-state index contributed by atoms with van der Waals surface area (Å²) >= 11 is 6.47. The van der Waals surface area contributed by atoms with Crippen LogP contribution >= 0.6 is 11.6 Å². The number of aromatic nitrogens is 2. The minimum atomic E-state index is -3.42. The first-order valence-corrected chi connectivity index (χ1v) is 13.1. The number of benzene rings is 2. The first kappa shape index (κ1) is 24.1. The lowest BCUT2D eigenvalue weighted by Crippen LogP contribution is -2.14. The maximum absolute atomic E-state index is 12.9. The first-order chi connectivity index (χ1) is 15.8. The van der Waals surface area contributed by atoms with Crippen LogP contribution < -0.4 is 4.72 Å². The average Bonchev–Trinajstić information content (AvgIpc) is 2.71. The van der Waals surface area contributed by atoms with Crippen molar-refractivity contribution in [2.24, 2.45) is 0 Å². The van der Waals surface area contributed by atoms with Crippen molar-refractivity contribution < 1.29 is 13.2 Å². The average molecular weight is 496 g/mol. The summed E-state index contributed by atoms with van der Waals surface area (Å²) in [7, 11) is -3.42. The van der Waals surface area contributed by atoms with Crippen LogP contribution in [0.1, 0.15) is 45.2 Å². The molecular formula is C26H26ClN3O3S. The zero-order valence-corrected chi connectivity index (χ0v) is 21.3. The quantitative estimate of drug-likeness (QED) is 0.485. The Morgan fingerprint density at radius 3 is 2.41 bits per heavy atom. The molecule has 1 aliphatic carbocycles. The highest BCUT2D eigenvalue weighted by Crippen LogP contribution is 2.35. The molecule has 0 saturated carbocycles. The Hall–Kier alpha value is -3.03. The Kier molecular flexibility index (Phi) is 6.12. The second kappa shape index (κ2) is 8.64. The van der Waals surface area contributed by atoms with E-state index < -0.39 is 10.0 Å². The fraction of sp³-hybridized carbons (Fsp3) is 0.269. The van der Waals surface area contributed by atoms with Crippen LogP contribution in [0.25, 0.3) is 27.9 Å². The summed E-state index contributed by atoms with van der Waals surface area (Å²) < 4.78 is 25.5. The first-order valence-electron chi connectivity index (χ1n) is 10.8. The van der Waals surface area contributed by atoms with Gasteiger partial charge in [-0.15, -0.1) is 0 Å². The highest BCUT2D eigenvalue weighted by molar-refractivity contribution is 7.92. The molecule has 2 aromatic carbocycles. The zero-order valence-electron chi connectivity index (χ0n) is 19.7. The summed E-state index contributed by atoms with van der Waals surface area (Å²) in [6, 6.07) is 8.92. The number of hydrogen-bond acceptors (Lipinski definition) is 5. The predicted octanol–water partition coefficient (Wildman–Crippen LogP) is 5.92. The van der Waals surface area contributed by atoms with E-state index in [4.69, 9.17) is 16.6 Å². The van der Waals surface area contributed by atoms with E-state index in [1.54, 1.807) is 24.4 Å². The van der Waals surface area contributed by atoms with E-state index in [0.717, 1.165) is 23.0 Å². The predicted molar refractivity (Wildman–Crippen MR) is 139 cm³/mol. The van der Waals surface area contributed by atoms with Crippen molar-refractivity contribution in [1.82, 2.24) is 9.97 Å². The molecule has 0 radical (unpaired) electrons. The Morgan fingerprint density at radius 1 is 1.06 bits per heavy atom. The summed E-state index contributed by atoms with van der Waals surface area (Å²) in [4.78, 5) is 22.4. The highest BCUT2D eigenvalue weighted by Gasteiger charge is 2.23. The Bertz CT molecular complexity index is 1500. The Labute approximate surface area is 204 Å². The van der Waals surface area contributed by atoms with Gasteiger partial charge in [-0.1, -0.05) is 50.1 Å². The van der Waals surface area contributed by atoms with E-state index in [9.17, 15) is 13.2 Å². The van der Waals surface area contributed by atoms with Crippen molar-refractivity contribution in [1.29, 1.82) is 0 Å². The zero-order chi connectivity index (χ0) is 24.8. The topological polar surface area (TPSA) is 89.0 Å². The SMILES string of the molecule is CC1=CC=C(c2cc(C(C)(C)C)cc3nc(-c4ccc(NS(C)(=O)=O)cc4Cl)cnc23)C(=O)C1. The number of rotatable bonds is 4. The summed E-state index contributed by atoms with van der Waals surface area (Å²) in [6.45, 7) is 8.28. The van der Waals surface area contributed by atoms with Crippen molar-refractivity contribution in [3.63, 3.8) is 0 Å². The molecule has 0 amide bonds. The normalized spacial score (nSPS) is 14.7. The standard InChI is InChI=1S/C26H26ClN3O3S/c1-15-6-8-18(24(31)10-15)20-11-16(26(2,3)4)12-22-25(20)28-14-23(29-22)19-9-7-17(13-21(19)27)30-34(5,32)33/h6-9,11-14,30H,10H2,1-5H3. The van der Waals surface area contributed by atoms with E-state index in [1.165, 1.54) is 0 Å².